The van der Waals surface area contributed by atoms with E-state index >= 15 is 0 Å². The highest BCUT2D eigenvalue weighted by Gasteiger charge is 2.23. The second-order valence-corrected chi connectivity index (χ2v) is 8.20. The quantitative estimate of drug-likeness (QED) is 0.424. The molecule has 0 unspecified atom stereocenters. The fourth-order valence-electron chi connectivity index (χ4n) is 2.24. The number of benzene rings is 2. The number of aromatic hydroxyl groups is 1. The van der Waals surface area contributed by atoms with Gasteiger partial charge in [0, 0.05) is 12.4 Å². The summed E-state index contributed by atoms with van der Waals surface area (Å²) in [5, 5.41) is 13.6. The smallest absolute Gasteiger partial charge is 0.294 e. The predicted molar refractivity (Wildman–Crippen MR) is 87.2 cm³/mol. The summed E-state index contributed by atoms with van der Waals surface area (Å²) in [6.07, 6.45) is 1.19. The third-order valence-corrected chi connectivity index (χ3v) is 5.77. The molecule has 2 aromatic rings. The van der Waals surface area contributed by atoms with E-state index in [1.165, 1.54) is 25.3 Å². The van der Waals surface area contributed by atoms with Gasteiger partial charge in [0.25, 0.3) is 10.1 Å². The van der Waals surface area contributed by atoms with E-state index < -0.39 is 25.7 Å². The molecule has 124 valence electrons. The molecule has 0 saturated carbocycles. The van der Waals surface area contributed by atoms with E-state index in [-0.39, 0.29) is 26.6 Å². The highest BCUT2D eigenvalue weighted by molar-refractivity contribution is 7.91. The van der Waals surface area contributed by atoms with Crippen LogP contribution in [0.1, 0.15) is 0 Å². The Kier molecular flexibility index (Phi) is 4.38. The molecule has 0 heterocycles. The number of anilines is 1. The van der Waals surface area contributed by atoms with Gasteiger partial charge >= 0.3 is 0 Å². The van der Waals surface area contributed by atoms with Crippen molar-refractivity contribution in [1.82, 2.24) is 0 Å². The van der Waals surface area contributed by atoms with Crippen LogP contribution in [0.3, 0.4) is 0 Å². The molecular weight excluding hydrogens is 342 g/mol. The summed E-state index contributed by atoms with van der Waals surface area (Å²) >= 11 is 0. The van der Waals surface area contributed by atoms with Gasteiger partial charge in [-0.3, -0.25) is 4.55 Å². The number of sulfone groups is 1. The summed E-state index contributed by atoms with van der Waals surface area (Å²) in [7, 11) is -6.77. The molecule has 0 radical (unpaired) electrons. The fraction of sp³-hybridized carbons (Fsp3) is 0.143. The number of rotatable bonds is 5. The van der Waals surface area contributed by atoms with Crippen LogP contribution in [0.4, 0.5) is 5.69 Å². The van der Waals surface area contributed by atoms with Crippen molar-refractivity contribution in [3.05, 3.63) is 36.9 Å². The van der Waals surface area contributed by atoms with E-state index in [9.17, 15) is 21.9 Å². The first-order valence-corrected chi connectivity index (χ1v) is 9.49. The molecule has 0 fully saturated rings. The maximum absolute atomic E-state index is 12.2. The summed E-state index contributed by atoms with van der Waals surface area (Å²) in [5.41, 5.74) is 0.145. The molecule has 0 aromatic heterocycles. The normalized spacial score (nSPS) is 12.3. The number of hydrogen-bond donors (Lipinski definition) is 3. The average molecular weight is 357 g/mol. The van der Waals surface area contributed by atoms with Gasteiger partial charge in [0.2, 0.25) is 0 Å². The molecule has 23 heavy (non-hydrogen) atoms. The third-order valence-electron chi connectivity index (χ3n) is 3.27. The van der Waals surface area contributed by atoms with Gasteiger partial charge in [-0.1, -0.05) is 12.1 Å². The van der Waals surface area contributed by atoms with E-state index in [1.54, 1.807) is 0 Å². The lowest BCUT2D eigenvalue weighted by Gasteiger charge is -2.14. The van der Waals surface area contributed by atoms with Crippen LogP contribution in [0.15, 0.2) is 46.7 Å². The van der Waals surface area contributed by atoms with Crippen LogP contribution in [0.5, 0.6) is 5.75 Å². The molecule has 7 nitrogen and oxygen atoms in total. The molecule has 2 aromatic carbocycles. The van der Waals surface area contributed by atoms with Crippen LogP contribution < -0.4 is 5.32 Å². The molecule has 0 aliphatic carbocycles. The lowest BCUT2D eigenvalue weighted by molar-refractivity contribution is 0.462. The first-order chi connectivity index (χ1) is 10.6. The highest BCUT2D eigenvalue weighted by atomic mass is 32.2. The molecule has 9 heteroatoms. The molecule has 0 aliphatic heterocycles. The summed E-state index contributed by atoms with van der Waals surface area (Å²) in [6.45, 7) is 3.36. The van der Waals surface area contributed by atoms with Crippen molar-refractivity contribution in [3.63, 3.8) is 0 Å². The topological polar surface area (TPSA) is 121 Å². The summed E-state index contributed by atoms with van der Waals surface area (Å²) in [4.78, 5) is -0.716. The Morgan fingerprint density at radius 2 is 1.87 bits per heavy atom. The minimum atomic E-state index is -4.43. The second kappa shape index (κ2) is 5.84. The molecular formula is C14H15NO6S2. The van der Waals surface area contributed by atoms with Crippen LogP contribution in [0, 0.1) is 0 Å². The maximum atomic E-state index is 12.2. The van der Waals surface area contributed by atoms with Crippen LogP contribution in [0.25, 0.3) is 10.8 Å². The molecule has 0 amide bonds. The van der Waals surface area contributed by atoms with Crippen molar-refractivity contribution < 1.29 is 26.5 Å². The van der Waals surface area contributed by atoms with Crippen molar-refractivity contribution in [2.75, 3.05) is 18.1 Å². The monoisotopic (exact) mass is 357 g/mol. The Balaban J connectivity index is 2.91. The van der Waals surface area contributed by atoms with E-state index in [0.29, 0.717) is 5.39 Å². The minimum Gasteiger partial charge on any atom is -0.504 e. The van der Waals surface area contributed by atoms with E-state index in [1.807, 2.05) is 0 Å². The van der Waals surface area contributed by atoms with Crippen LogP contribution in [-0.2, 0) is 20.0 Å². The van der Waals surface area contributed by atoms with Gasteiger partial charge in [-0.2, -0.15) is 8.42 Å². The molecule has 3 N–H and O–H groups in total. The van der Waals surface area contributed by atoms with Gasteiger partial charge < -0.3 is 10.4 Å². The Morgan fingerprint density at radius 3 is 2.39 bits per heavy atom. The lowest BCUT2D eigenvalue weighted by atomic mass is 10.1. The van der Waals surface area contributed by atoms with Crippen LogP contribution in [0.2, 0.25) is 0 Å². The Morgan fingerprint density at radius 1 is 1.22 bits per heavy atom. The predicted octanol–water partition coefficient (Wildman–Crippen LogP) is 1.79. The highest BCUT2D eigenvalue weighted by Crippen LogP contribution is 2.39. The van der Waals surface area contributed by atoms with Gasteiger partial charge in [0.1, 0.15) is 4.90 Å². The Bertz CT molecular complexity index is 994. The van der Waals surface area contributed by atoms with Crippen LogP contribution in [-0.4, -0.2) is 39.3 Å². The fourth-order valence-corrected chi connectivity index (χ4v) is 3.95. The second-order valence-electron chi connectivity index (χ2n) is 4.78. The van der Waals surface area contributed by atoms with Gasteiger partial charge in [0.05, 0.1) is 16.3 Å². The van der Waals surface area contributed by atoms with Gasteiger partial charge in [-0.05, 0) is 23.6 Å². The summed E-state index contributed by atoms with van der Waals surface area (Å²) in [5.74, 6) is -0.839. The van der Waals surface area contributed by atoms with Crippen molar-refractivity contribution >= 4 is 36.4 Å². The largest absolute Gasteiger partial charge is 0.504 e. The number of phenolic OH excluding ortho intramolecular Hbond substituents is 1. The first-order valence-electron chi connectivity index (χ1n) is 6.40. The van der Waals surface area contributed by atoms with E-state index in [2.05, 4.69) is 11.9 Å². The molecule has 2 rings (SSSR count). The number of nitrogens with one attached hydrogen (secondary N) is 1. The Hall–Kier alpha value is -2.10. The maximum Gasteiger partial charge on any atom is 0.294 e. The van der Waals surface area contributed by atoms with Crippen LogP contribution >= 0.6 is 0 Å². The summed E-state index contributed by atoms with van der Waals surface area (Å²) < 4.78 is 56.0. The number of hydrogen-bond acceptors (Lipinski definition) is 6. The van der Waals surface area contributed by atoms with E-state index in [4.69, 9.17) is 4.55 Å². The Labute approximate surface area is 133 Å². The van der Waals surface area contributed by atoms with Crippen molar-refractivity contribution in [2.24, 2.45) is 0 Å². The minimum absolute atomic E-state index is 0.145. The number of fused-ring (bicyclic) bond motifs is 1. The van der Waals surface area contributed by atoms with Gasteiger partial charge in [0.15, 0.2) is 15.6 Å². The van der Waals surface area contributed by atoms with Gasteiger partial charge in [-0.15, -0.1) is 6.58 Å². The average Bonchev–Trinajstić information content (AvgIpc) is 2.45. The van der Waals surface area contributed by atoms with Crippen molar-refractivity contribution in [3.8, 4) is 5.75 Å². The zero-order valence-corrected chi connectivity index (χ0v) is 13.8. The standard InChI is InChI=1S/C14H15NO6S2/c1-3-6-22(17,18)12-8-9-7-10(23(19,20)21)4-5-11(9)13(15-2)14(12)16/h3-5,7-8,15-16H,1,6H2,2H3,(H,19,20,21). The van der Waals surface area contributed by atoms with Gasteiger partial charge in [-0.25, -0.2) is 8.42 Å². The molecule has 0 saturated heterocycles. The third kappa shape index (κ3) is 3.16. The molecule has 0 atom stereocenters. The molecule has 0 bridgehead atoms. The van der Waals surface area contributed by atoms with Crippen molar-refractivity contribution in [1.29, 1.82) is 0 Å². The molecule has 0 aliphatic rings. The summed E-state index contributed by atoms with van der Waals surface area (Å²) in [6, 6.07) is 4.83. The SMILES string of the molecule is C=CCS(=O)(=O)c1cc2cc(S(=O)(=O)O)ccc2c(NC)c1O. The lowest BCUT2D eigenvalue weighted by Crippen LogP contribution is -2.07. The number of phenols is 1. The van der Waals surface area contributed by atoms with E-state index in [0.717, 1.165) is 12.1 Å². The first kappa shape index (κ1) is 17.3. The zero-order valence-electron chi connectivity index (χ0n) is 12.1. The zero-order chi connectivity index (χ0) is 17.4. The van der Waals surface area contributed by atoms with Crippen molar-refractivity contribution in [2.45, 2.75) is 9.79 Å². The molecule has 0 spiro atoms.